The number of amides is 1. The van der Waals surface area contributed by atoms with Crippen LogP contribution in [0.3, 0.4) is 0 Å². The summed E-state index contributed by atoms with van der Waals surface area (Å²) in [7, 11) is -0.198. The molecule has 2 rings (SSSR count). The molecule has 0 aromatic rings. The second-order valence-electron chi connectivity index (χ2n) is 4.82. The van der Waals surface area contributed by atoms with Gasteiger partial charge in [0.15, 0.2) is 0 Å². The second-order valence-corrected chi connectivity index (χ2v) is 4.82. The van der Waals surface area contributed by atoms with Gasteiger partial charge >= 0.3 is 7.12 Å². The first-order chi connectivity index (χ1) is 7.74. The van der Waals surface area contributed by atoms with Crippen molar-refractivity contribution in [2.75, 3.05) is 13.2 Å². The number of rotatable bonds is 4. The maximum atomic E-state index is 11.4. The molecule has 2 aliphatic rings. The second kappa shape index (κ2) is 5.19. The van der Waals surface area contributed by atoms with Gasteiger partial charge < -0.3 is 15.0 Å². The maximum Gasteiger partial charge on any atom is 0.461 e. The van der Waals surface area contributed by atoms with Crippen molar-refractivity contribution in [2.24, 2.45) is 17.6 Å². The average Bonchev–Trinajstić information content (AvgIpc) is 2.84. The highest BCUT2D eigenvalue weighted by molar-refractivity contribution is 6.47. The fraction of sp³-hybridized carbons (Fsp3) is 0.909. The largest absolute Gasteiger partial charge is 0.461 e. The first kappa shape index (κ1) is 11.9. The van der Waals surface area contributed by atoms with E-state index in [4.69, 9.17) is 15.0 Å². The van der Waals surface area contributed by atoms with Crippen molar-refractivity contribution >= 4 is 13.0 Å². The van der Waals surface area contributed by atoms with Crippen LogP contribution in [0.1, 0.15) is 32.6 Å². The van der Waals surface area contributed by atoms with Crippen molar-refractivity contribution in [3.63, 3.8) is 0 Å². The van der Waals surface area contributed by atoms with Crippen LogP contribution in [0.4, 0.5) is 0 Å². The molecule has 90 valence electrons. The molecule has 3 atom stereocenters. The smallest absolute Gasteiger partial charge is 0.409 e. The summed E-state index contributed by atoms with van der Waals surface area (Å²) in [5.74, 6) is 0.466. The van der Waals surface area contributed by atoms with Crippen LogP contribution in [0.15, 0.2) is 0 Å². The van der Waals surface area contributed by atoms with Crippen molar-refractivity contribution in [1.29, 1.82) is 0 Å². The molecule has 16 heavy (non-hydrogen) atoms. The van der Waals surface area contributed by atoms with Gasteiger partial charge in [-0.25, -0.2) is 0 Å². The van der Waals surface area contributed by atoms with Gasteiger partial charge in [-0.05, 0) is 18.8 Å². The van der Waals surface area contributed by atoms with E-state index in [0.29, 0.717) is 19.1 Å². The minimum atomic E-state index is -0.198. The Balaban J connectivity index is 2.07. The van der Waals surface area contributed by atoms with Crippen LogP contribution in [-0.2, 0) is 14.1 Å². The molecule has 0 bridgehead atoms. The highest BCUT2D eigenvalue weighted by Gasteiger charge is 2.49. The molecule has 1 amide bonds. The number of hydrogen-bond acceptors (Lipinski definition) is 3. The van der Waals surface area contributed by atoms with Gasteiger partial charge in [-0.3, -0.25) is 4.79 Å². The zero-order valence-electron chi connectivity index (χ0n) is 9.85. The summed E-state index contributed by atoms with van der Waals surface area (Å²) in [5, 5.41) is 0. The first-order valence-electron chi connectivity index (χ1n) is 6.26. The first-order valence-corrected chi connectivity index (χ1v) is 6.26. The van der Waals surface area contributed by atoms with E-state index in [0.717, 1.165) is 25.7 Å². The summed E-state index contributed by atoms with van der Waals surface area (Å²) < 4.78 is 11.1. The van der Waals surface area contributed by atoms with E-state index in [1.165, 1.54) is 0 Å². The molecule has 4 nitrogen and oxygen atoms in total. The zero-order chi connectivity index (χ0) is 11.5. The van der Waals surface area contributed by atoms with Gasteiger partial charge in [0.1, 0.15) is 0 Å². The third-order valence-corrected chi connectivity index (χ3v) is 3.84. The normalized spacial score (nSPS) is 34.6. The maximum absolute atomic E-state index is 11.4. The molecular weight excluding hydrogens is 205 g/mol. The van der Waals surface area contributed by atoms with Gasteiger partial charge in [-0.1, -0.05) is 19.8 Å². The monoisotopic (exact) mass is 225 g/mol. The topological polar surface area (TPSA) is 61.6 Å². The van der Waals surface area contributed by atoms with Crippen molar-refractivity contribution in [3.05, 3.63) is 0 Å². The van der Waals surface area contributed by atoms with Crippen LogP contribution in [0, 0.1) is 11.8 Å². The van der Waals surface area contributed by atoms with E-state index in [2.05, 4.69) is 6.92 Å². The van der Waals surface area contributed by atoms with Gasteiger partial charge in [0.25, 0.3) is 0 Å². The summed E-state index contributed by atoms with van der Waals surface area (Å²) in [5.41, 5.74) is 5.46. The Morgan fingerprint density at radius 2 is 2.06 bits per heavy atom. The quantitative estimate of drug-likeness (QED) is 0.731. The van der Waals surface area contributed by atoms with Crippen LogP contribution in [-0.4, -0.2) is 26.2 Å². The molecule has 0 aromatic heterocycles. The molecule has 0 aromatic carbocycles. The molecule has 1 aliphatic carbocycles. The Labute approximate surface area is 97.0 Å². The molecule has 0 spiro atoms. The Kier molecular flexibility index (Phi) is 3.87. The lowest BCUT2D eigenvalue weighted by atomic mass is 9.61. The van der Waals surface area contributed by atoms with Gasteiger partial charge in [0.05, 0.1) is 13.2 Å². The molecule has 1 heterocycles. The number of hydrogen-bond donors (Lipinski definition) is 1. The Bertz CT molecular complexity index is 256. The third kappa shape index (κ3) is 2.25. The third-order valence-electron chi connectivity index (χ3n) is 3.84. The van der Waals surface area contributed by atoms with Crippen molar-refractivity contribution in [3.8, 4) is 0 Å². The predicted molar refractivity (Wildman–Crippen MR) is 61.7 cm³/mol. The van der Waals surface area contributed by atoms with Gasteiger partial charge in [-0.2, -0.15) is 0 Å². The standard InChI is InChI=1S/C11H20BNO3/c1-2-3-8-4-5-9(11(13)14)10(8)12-15-6-7-16-12/h8-10H,2-7H2,1H3,(H2,13,14). The zero-order valence-corrected chi connectivity index (χ0v) is 9.85. The number of primary amides is 1. The number of nitrogens with two attached hydrogens (primary N) is 1. The number of carbonyl (C=O) groups is 1. The number of carbonyl (C=O) groups excluding carboxylic acids is 1. The summed E-state index contributed by atoms with van der Waals surface area (Å²) in [4.78, 5) is 11.4. The van der Waals surface area contributed by atoms with Gasteiger partial charge in [0, 0.05) is 11.7 Å². The molecule has 5 heteroatoms. The van der Waals surface area contributed by atoms with Crippen LogP contribution in [0.2, 0.25) is 5.82 Å². The Morgan fingerprint density at radius 3 is 2.62 bits per heavy atom. The van der Waals surface area contributed by atoms with E-state index >= 15 is 0 Å². The van der Waals surface area contributed by atoms with Gasteiger partial charge in [-0.15, -0.1) is 0 Å². The van der Waals surface area contributed by atoms with Crippen LogP contribution >= 0.6 is 0 Å². The van der Waals surface area contributed by atoms with E-state index in [-0.39, 0.29) is 24.8 Å². The Morgan fingerprint density at radius 1 is 1.38 bits per heavy atom. The van der Waals surface area contributed by atoms with Crippen LogP contribution < -0.4 is 5.73 Å². The van der Waals surface area contributed by atoms with E-state index in [1.54, 1.807) is 0 Å². The predicted octanol–water partition coefficient (Wildman–Crippen LogP) is 1.20. The molecule has 1 saturated carbocycles. The SMILES string of the molecule is CCCC1CCC(C(N)=O)C1B1OCCO1. The summed E-state index contributed by atoms with van der Waals surface area (Å²) in [6, 6.07) is 0. The van der Waals surface area contributed by atoms with E-state index < -0.39 is 0 Å². The fourth-order valence-electron chi connectivity index (χ4n) is 3.16. The minimum Gasteiger partial charge on any atom is -0.409 e. The molecule has 0 radical (unpaired) electrons. The van der Waals surface area contributed by atoms with Crippen molar-refractivity contribution < 1.29 is 14.1 Å². The summed E-state index contributed by atoms with van der Waals surface area (Å²) in [6.45, 7) is 3.46. The summed E-state index contributed by atoms with van der Waals surface area (Å²) in [6.07, 6.45) is 4.25. The van der Waals surface area contributed by atoms with Crippen LogP contribution in [0.5, 0.6) is 0 Å². The average molecular weight is 225 g/mol. The van der Waals surface area contributed by atoms with Crippen molar-refractivity contribution in [1.82, 2.24) is 0 Å². The molecule has 1 saturated heterocycles. The molecule has 2 N–H and O–H groups in total. The lowest BCUT2D eigenvalue weighted by Crippen LogP contribution is -2.35. The molecular formula is C11H20BNO3. The molecule has 2 fully saturated rings. The highest BCUT2D eigenvalue weighted by Crippen LogP contribution is 2.46. The van der Waals surface area contributed by atoms with E-state index in [1.807, 2.05) is 0 Å². The lowest BCUT2D eigenvalue weighted by molar-refractivity contribution is -0.121. The van der Waals surface area contributed by atoms with Crippen LogP contribution in [0.25, 0.3) is 0 Å². The van der Waals surface area contributed by atoms with Gasteiger partial charge in [0.2, 0.25) is 5.91 Å². The molecule has 3 unspecified atom stereocenters. The summed E-state index contributed by atoms with van der Waals surface area (Å²) >= 11 is 0. The lowest BCUT2D eigenvalue weighted by Gasteiger charge is -2.24. The molecule has 1 aliphatic heterocycles. The fourth-order valence-corrected chi connectivity index (χ4v) is 3.16. The van der Waals surface area contributed by atoms with Crippen molar-refractivity contribution in [2.45, 2.75) is 38.4 Å². The highest BCUT2D eigenvalue weighted by atomic mass is 16.6. The minimum absolute atomic E-state index is 0.0559. The Hall–Kier alpha value is -0.545. The van der Waals surface area contributed by atoms with E-state index in [9.17, 15) is 4.79 Å².